The molecule has 5 aromatic rings. The van der Waals surface area contributed by atoms with Crippen LogP contribution in [0.1, 0.15) is 34.6 Å². The first kappa shape index (κ1) is 24.9. The van der Waals surface area contributed by atoms with Crippen LogP contribution >= 0.6 is 23.2 Å². The van der Waals surface area contributed by atoms with Crippen molar-refractivity contribution in [2.75, 3.05) is 18.4 Å². The van der Waals surface area contributed by atoms with Gasteiger partial charge in [0.1, 0.15) is 0 Å². The van der Waals surface area contributed by atoms with Crippen LogP contribution in [0.25, 0.3) is 10.9 Å². The van der Waals surface area contributed by atoms with Gasteiger partial charge >= 0.3 is 0 Å². The Hall–Kier alpha value is -3.44. The monoisotopic (exact) mass is 538 g/mol. The third-order valence-electron chi connectivity index (χ3n) is 7.28. The lowest BCUT2D eigenvalue weighted by molar-refractivity contribution is 0.328. The molecular formula is C32H28Cl2N4. The van der Waals surface area contributed by atoms with Crippen LogP contribution in [0.15, 0.2) is 103 Å². The fourth-order valence-corrected chi connectivity index (χ4v) is 5.66. The van der Waals surface area contributed by atoms with Crippen LogP contribution in [0, 0.1) is 0 Å². The van der Waals surface area contributed by atoms with Gasteiger partial charge in [0, 0.05) is 47.0 Å². The Kier molecular flexibility index (Phi) is 7.28. The molecule has 1 fully saturated rings. The fraction of sp³-hybridized carbons (Fsp3) is 0.188. The van der Waals surface area contributed by atoms with E-state index in [0.717, 1.165) is 52.7 Å². The van der Waals surface area contributed by atoms with E-state index in [0.29, 0.717) is 6.04 Å². The van der Waals surface area contributed by atoms with Crippen molar-refractivity contribution in [2.24, 2.45) is 0 Å². The number of hydrogen-bond acceptors (Lipinski definition) is 4. The predicted molar refractivity (Wildman–Crippen MR) is 157 cm³/mol. The molecule has 38 heavy (non-hydrogen) atoms. The Bertz CT molecular complexity index is 1480. The topological polar surface area (TPSA) is 41.1 Å². The fourth-order valence-electron chi connectivity index (χ4n) is 5.41. The van der Waals surface area contributed by atoms with Crippen LogP contribution in [0.5, 0.6) is 0 Å². The zero-order valence-corrected chi connectivity index (χ0v) is 22.4. The molecule has 1 atom stereocenters. The highest BCUT2D eigenvalue weighted by molar-refractivity contribution is 6.30. The van der Waals surface area contributed by atoms with Gasteiger partial charge in [0.25, 0.3) is 0 Å². The van der Waals surface area contributed by atoms with E-state index in [1.165, 1.54) is 22.3 Å². The number of rotatable bonds is 7. The average molecular weight is 540 g/mol. The molecule has 4 nitrogen and oxygen atoms in total. The minimum absolute atomic E-state index is 0.0304. The van der Waals surface area contributed by atoms with Crippen molar-refractivity contribution < 1.29 is 0 Å². The number of likely N-dealkylation sites (tertiary alicyclic amines) is 1. The Morgan fingerprint density at radius 3 is 2.16 bits per heavy atom. The second kappa shape index (κ2) is 11.1. The Morgan fingerprint density at radius 2 is 1.47 bits per heavy atom. The number of anilines is 1. The maximum Gasteiger partial charge on any atom is 0.0950 e. The summed E-state index contributed by atoms with van der Waals surface area (Å²) in [6, 6.07) is 33.6. The highest BCUT2D eigenvalue weighted by Crippen LogP contribution is 2.36. The highest BCUT2D eigenvalue weighted by atomic mass is 35.5. The van der Waals surface area contributed by atoms with E-state index in [2.05, 4.69) is 93.2 Å². The molecule has 4 aromatic carbocycles. The van der Waals surface area contributed by atoms with Crippen LogP contribution in [-0.2, 0) is 6.54 Å². The molecule has 0 radical (unpaired) electrons. The third-order valence-corrected chi connectivity index (χ3v) is 7.79. The van der Waals surface area contributed by atoms with E-state index in [1.54, 1.807) is 0 Å². The second-order valence-electron chi connectivity index (χ2n) is 9.92. The van der Waals surface area contributed by atoms with E-state index >= 15 is 0 Å². The van der Waals surface area contributed by atoms with Gasteiger partial charge in [-0.25, -0.2) is 0 Å². The summed E-state index contributed by atoms with van der Waals surface area (Å²) in [7, 11) is 0. The number of aromatic nitrogens is 2. The van der Waals surface area contributed by atoms with Crippen LogP contribution in [0.3, 0.4) is 0 Å². The molecule has 1 unspecified atom stereocenters. The largest absolute Gasteiger partial charge is 0.379 e. The van der Waals surface area contributed by atoms with Crippen molar-refractivity contribution in [2.45, 2.75) is 24.9 Å². The molecule has 1 saturated heterocycles. The molecule has 1 aromatic heterocycles. The molecule has 0 amide bonds. The van der Waals surface area contributed by atoms with Gasteiger partial charge in [-0.15, -0.1) is 0 Å². The van der Waals surface area contributed by atoms with Crippen molar-refractivity contribution in [3.05, 3.63) is 136 Å². The summed E-state index contributed by atoms with van der Waals surface area (Å²) >= 11 is 12.4. The Labute approximate surface area is 233 Å². The van der Waals surface area contributed by atoms with Gasteiger partial charge in [-0.2, -0.15) is 10.2 Å². The summed E-state index contributed by atoms with van der Waals surface area (Å²) < 4.78 is 0. The smallest absolute Gasteiger partial charge is 0.0950 e. The number of benzene rings is 4. The molecule has 1 aliphatic rings. The average Bonchev–Trinajstić information content (AvgIpc) is 3.38. The number of nitrogens with one attached hydrogen (secondary N) is 1. The minimum Gasteiger partial charge on any atom is -0.379 e. The minimum atomic E-state index is 0.0304. The molecule has 6 rings (SSSR count). The number of hydrogen-bond donors (Lipinski definition) is 1. The van der Waals surface area contributed by atoms with Gasteiger partial charge < -0.3 is 5.32 Å². The summed E-state index contributed by atoms with van der Waals surface area (Å²) in [4.78, 5) is 2.51. The molecule has 6 heteroatoms. The van der Waals surface area contributed by atoms with E-state index in [9.17, 15) is 0 Å². The number of nitrogens with zero attached hydrogens (tertiary/aromatic N) is 3. The van der Waals surface area contributed by atoms with Crippen molar-refractivity contribution >= 4 is 39.8 Å². The SMILES string of the molecule is Clc1ccc(C(c2ccc(Cl)cc2)c2ccc3nncc(NC4CCN(Cc5ccccc5)C4)c3c2)cc1. The highest BCUT2D eigenvalue weighted by Gasteiger charge is 2.24. The van der Waals surface area contributed by atoms with E-state index in [-0.39, 0.29) is 5.92 Å². The Morgan fingerprint density at radius 1 is 0.816 bits per heavy atom. The van der Waals surface area contributed by atoms with Gasteiger partial charge in [0.2, 0.25) is 0 Å². The summed E-state index contributed by atoms with van der Waals surface area (Å²) in [6.45, 7) is 3.04. The van der Waals surface area contributed by atoms with Crippen LogP contribution < -0.4 is 5.32 Å². The van der Waals surface area contributed by atoms with E-state index < -0.39 is 0 Å². The maximum atomic E-state index is 6.22. The van der Waals surface area contributed by atoms with Crippen molar-refractivity contribution in [3.63, 3.8) is 0 Å². The van der Waals surface area contributed by atoms with Gasteiger partial charge in [-0.1, -0.05) is 83.9 Å². The maximum absolute atomic E-state index is 6.22. The predicted octanol–water partition coefficient (Wildman–Crippen LogP) is 7.80. The lowest BCUT2D eigenvalue weighted by Crippen LogP contribution is -2.26. The van der Waals surface area contributed by atoms with Gasteiger partial charge in [0.15, 0.2) is 0 Å². The first-order valence-electron chi connectivity index (χ1n) is 12.9. The molecule has 1 N–H and O–H groups in total. The summed E-state index contributed by atoms with van der Waals surface area (Å²) in [6.07, 6.45) is 2.94. The quantitative estimate of drug-likeness (QED) is 0.214. The number of fused-ring (bicyclic) bond motifs is 1. The summed E-state index contributed by atoms with van der Waals surface area (Å²) in [5.74, 6) is 0.0304. The normalized spacial score (nSPS) is 15.8. The second-order valence-corrected chi connectivity index (χ2v) is 10.8. The van der Waals surface area contributed by atoms with E-state index in [4.69, 9.17) is 23.2 Å². The summed E-state index contributed by atoms with van der Waals surface area (Å²) in [5, 5.41) is 15.0. The molecule has 0 aliphatic carbocycles. The standard InChI is InChI=1S/C32H28Cl2N4/c33-26-11-6-23(7-12-26)32(24-8-13-27(34)14-9-24)25-10-15-30-29(18-25)31(19-35-37-30)36-28-16-17-38(21-28)20-22-4-2-1-3-5-22/h1-15,18-19,28,32H,16-17,20-21H2,(H,36,37). The van der Waals surface area contributed by atoms with Crippen molar-refractivity contribution in [3.8, 4) is 0 Å². The van der Waals surface area contributed by atoms with Gasteiger partial charge in [0.05, 0.1) is 17.4 Å². The van der Waals surface area contributed by atoms with Gasteiger partial charge in [-0.3, -0.25) is 4.90 Å². The molecule has 0 spiro atoms. The Balaban J connectivity index is 1.30. The van der Waals surface area contributed by atoms with Crippen LogP contribution in [0.2, 0.25) is 10.0 Å². The zero-order chi connectivity index (χ0) is 25.9. The first-order chi connectivity index (χ1) is 18.6. The number of halogens is 2. The molecule has 0 bridgehead atoms. The van der Waals surface area contributed by atoms with Crippen LogP contribution in [-0.4, -0.2) is 34.2 Å². The van der Waals surface area contributed by atoms with Gasteiger partial charge in [-0.05, 0) is 65.1 Å². The molecule has 0 saturated carbocycles. The zero-order valence-electron chi connectivity index (χ0n) is 20.9. The molecule has 2 heterocycles. The summed E-state index contributed by atoms with van der Waals surface area (Å²) in [5.41, 5.74) is 6.76. The lowest BCUT2D eigenvalue weighted by Gasteiger charge is -2.21. The molecular weight excluding hydrogens is 511 g/mol. The molecule has 1 aliphatic heterocycles. The lowest BCUT2D eigenvalue weighted by atomic mass is 9.84. The third kappa shape index (κ3) is 5.53. The van der Waals surface area contributed by atoms with Crippen LogP contribution in [0.4, 0.5) is 5.69 Å². The van der Waals surface area contributed by atoms with E-state index in [1.807, 2.05) is 30.5 Å². The van der Waals surface area contributed by atoms with Crippen molar-refractivity contribution in [1.82, 2.24) is 15.1 Å². The first-order valence-corrected chi connectivity index (χ1v) is 13.7. The van der Waals surface area contributed by atoms with Crippen molar-refractivity contribution in [1.29, 1.82) is 0 Å². The molecule has 190 valence electrons.